The Kier molecular flexibility index (Phi) is 7.67. The van der Waals surface area contributed by atoms with Gasteiger partial charge in [0.25, 0.3) is 0 Å². The van der Waals surface area contributed by atoms with Crippen LogP contribution in [0, 0.1) is 5.92 Å². The maximum absolute atomic E-state index is 11.8. The minimum atomic E-state index is -0.626. The van der Waals surface area contributed by atoms with Crippen molar-refractivity contribution in [2.45, 2.75) is 39.7 Å². The van der Waals surface area contributed by atoms with Gasteiger partial charge < -0.3 is 10.1 Å². The van der Waals surface area contributed by atoms with E-state index in [0.717, 1.165) is 0 Å². The summed E-state index contributed by atoms with van der Waals surface area (Å²) in [4.78, 5) is 34.1. The van der Waals surface area contributed by atoms with Crippen molar-refractivity contribution >= 4 is 17.7 Å². The number of rotatable bonds is 8. The number of carbonyl (C=O) groups excluding carboxylic acids is 3. The van der Waals surface area contributed by atoms with Crippen LogP contribution in [-0.2, 0) is 19.1 Å². The monoisotopic (exact) mass is 255 g/mol. The Morgan fingerprint density at radius 2 is 1.94 bits per heavy atom. The van der Waals surface area contributed by atoms with Crippen molar-refractivity contribution in [3.05, 3.63) is 12.7 Å². The zero-order valence-electron chi connectivity index (χ0n) is 11.2. The molecule has 0 radical (unpaired) electrons. The number of carbonyl (C=O) groups is 3. The standard InChI is InChI=1S/C13H21NO4/c1-5-8-18-12(16)7-6-11(14-10(4)15)13(17)9(2)3/h5,9,11H,1,6-8H2,2-4H3,(H,14,15)/t11-/m0/s1. The van der Waals surface area contributed by atoms with E-state index in [2.05, 4.69) is 11.9 Å². The van der Waals surface area contributed by atoms with E-state index >= 15 is 0 Å². The summed E-state index contributed by atoms with van der Waals surface area (Å²) in [6.45, 7) is 8.44. The van der Waals surface area contributed by atoms with Crippen molar-refractivity contribution < 1.29 is 19.1 Å². The Labute approximate surface area is 108 Å². The largest absolute Gasteiger partial charge is 0.461 e. The van der Waals surface area contributed by atoms with Gasteiger partial charge in [0.05, 0.1) is 6.04 Å². The third kappa shape index (κ3) is 6.83. The van der Waals surface area contributed by atoms with E-state index < -0.39 is 12.0 Å². The summed E-state index contributed by atoms with van der Waals surface area (Å²) in [6, 6.07) is -0.626. The number of hydrogen-bond donors (Lipinski definition) is 1. The van der Waals surface area contributed by atoms with Gasteiger partial charge in [0, 0.05) is 19.3 Å². The highest BCUT2D eigenvalue weighted by Gasteiger charge is 2.22. The van der Waals surface area contributed by atoms with Gasteiger partial charge in [0.1, 0.15) is 6.61 Å². The normalized spacial score (nSPS) is 11.8. The maximum Gasteiger partial charge on any atom is 0.306 e. The number of esters is 1. The topological polar surface area (TPSA) is 72.5 Å². The van der Waals surface area contributed by atoms with Crippen molar-refractivity contribution in [2.75, 3.05) is 6.61 Å². The van der Waals surface area contributed by atoms with Crippen molar-refractivity contribution in [3.8, 4) is 0 Å². The first-order chi connectivity index (χ1) is 8.38. The third-order valence-corrected chi connectivity index (χ3v) is 2.29. The predicted molar refractivity (Wildman–Crippen MR) is 67.8 cm³/mol. The van der Waals surface area contributed by atoms with Gasteiger partial charge in [-0.15, -0.1) is 0 Å². The molecule has 0 aliphatic rings. The molecule has 1 amide bonds. The molecule has 0 spiro atoms. The molecule has 0 aromatic carbocycles. The number of nitrogens with one attached hydrogen (secondary N) is 1. The van der Waals surface area contributed by atoms with Crippen LogP contribution in [0.3, 0.4) is 0 Å². The van der Waals surface area contributed by atoms with E-state index in [1.165, 1.54) is 13.0 Å². The molecule has 0 heterocycles. The highest BCUT2D eigenvalue weighted by atomic mass is 16.5. The van der Waals surface area contributed by atoms with Crippen molar-refractivity contribution in [3.63, 3.8) is 0 Å². The van der Waals surface area contributed by atoms with Gasteiger partial charge in [0.2, 0.25) is 5.91 Å². The van der Waals surface area contributed by atoms with Gasteiger partial charge in [-0.25, -0.2) is 0 Å². The van der Waals surface area contributed by atoms with Gasteiger partial charge in [-0.1, -0.05) is 26.5 Å². The molecule has 0 aromatic rings. The summed E-state index contributed by atoms with van der Waals surface area (Å²) in [6.07, 6.45) is 1.83. The molecule has 0 aromatic heterocycles. The second kappa shape index (κ2) is 8.44. The van der Waals surface area contributed by atoms with Gasteiger partial charge in [-0.05, 0) is 6.42 Å². The number of Topliss-reactive ketones (excluding diaryl/α,β-unsaturated/α-hetero) is 1. The Balaban J connectivity index is 4.32. The predicted octanol–water partition coefficient (Wildman–Crippen LogP) is 1.23. The van der Waals surface area contributed by atoms with E-state index in [9.17, 15) is 14.4 Å². The lowest BCUT2D eigenvalue weighted by Crippen LogP contribution is -2.42. The zero-order chi connectivity index (χ0) is 14.1. The molecule has 0 saturated heterocycles. The Morgan fingerprint density at radius 3 is 2.39 bits per heavy atom. The average molecular weight is 255 g/mol. The average Bonchev–Trinajstić information content (AvgIpc) is 2.30. The summed E-state index contributed by atoms with van der Waals surface area (Å²) in [5.74, 6) is -0.956. The molecular formula is C13H21NO4. The fourth-order valence-electron chi connectivity index (χ4n) is 1.42. The minimum Gasteiger partial charge on any atom is -0.461 e. The number of ether oxygens (including phenoxy) is 1. The second-order valence-corrected chi connectivity index (χ2v) is 4.32. The smallest absolute Gasteiger partial charge is 0.306 e. The van der Waals surface area contributed by atoms with Crippen molar-refractivity contribution in [2.24, 2.45) is 5.92 Å². The molecule has 5 nitrogen and oxygen atoms in total. The van der Waals surface area contributed by atoms with Gasteiger partial charge in [-0.2, -0.15) is 0 Å². The number of amides is 1. The fraction of sp³-hybridized carbons (Fsp3) is 0.615. The summed E-state index contributed by atoms with van der Waals surface area (Å²) in [5.41, 5.74) is 0. The SMILES string of the molecule is C=CCOC(=O)CC[C@H](NC(C)=O)C(=O)C(C)C. The second-order valence-electron chi connectivity index (χ2n) is 4.32. The maximum atomic E-state index is 11.8. The molecule has 0 unspecified atom stereocenters. The van der Waals surface area contributed by atoms with Crippen LogP contribution in [0.5, 0.6) is 0 Å². The van der Waals surface area contributed by atoms with Crippen LogP contribution in [-0.4, -0.2) is 30.3 Å². The molecule has 1 N–H and O–H groups in total. The van der Waals surface area contributed by atoms with Crippen LogP contribution in [0.1, 0.15) is 33.6 Å². The van der Waals surface area contributed by atoms with Gasteiger partial charge in [0.15, 0.2) is 5.78 Å². The summed E-state index contributed by atoms with van der Waals surface area (Å²) >= 11 is 0. The van der Waals surface area contributed by atoms with Crippen LogP contribution in [0.15, 0.2) is 12.7 Å². The summed E-state index contributed by atoms with van der Waals surface area (Å²) < 4.78 is 4.81. The van der Waals surface area contributed by atoms with E-state index in [4.69, 9.17) is 4.74 Å². The van der Waals surface area contributed by atoms with Gasteiger partial charge >= 0.3 is 5.97 Å². The van der Waals surface area contributed by atoms with Crippen LogP contribution in [0.4, 0.5) is 0 Å². The highest BCUT2D eigenvalue weighted by Crippen LogP contribution is 2.07. The lowest BCUT2D eigenvalue weighted by Gasteiger charge is -2.18. The molecule has 0 aliphatic heterocycles. The van der Waals surface area contributed by atoms with Crippen molar-refractivity contribution in [1.29, 1.82) is 0 Å². The molecule has 5 heteroatoms. The van der Waals surface area contributed by atoms with E-state index in [-0.39, 0.29) is 37.1 Å². The quantitative estimate of drug-likeness (QED) is 0.523. The summed E-state index contributed by atoms with van der Waals surface area (Å²) in [5, 5.41) is 2.56. The van der Waals surface area contributed by atoms with Gasteiger partial charge in [-0.3, -0.25) is 14.4 Å². The molecule has 0 aliphatic carbocycles. The van der Waals surface area contributed by atoms with Crippen LogP contribution in [0.2, 0.25) is 0 Å². The van der Waals surface area contributed by atoms with Crippen LogP contribution in [0.25, 0.3) is 0 Å². The molecule has 0 fully saturated rings. The molecule has 1 atom stereocenters. The molecule has 0 rings (SSSR count). The third-order valence-electron chi connectivity index (χ3n) is 2.29. The minimum absolute atomic E-state index is 0.0817. The molecular weight excluding hydrogens is 234 g/mol. The van der Waals surface area contributed by atoms with Crippen LogP contribution < -0.4 is 5.32 Å². The Morgan fingerprint density at radius 1 is 1.33 bits per heavy atom. The fourth-order valence-corrected chi connectivity index (χ4v) is 1.42. The lowest BCUT2D eigenvalue weighted by atomic mass is 9.98. The van der Waals surface area contributed by atoms with Crippen LogP contribution >= 0.6 is 0 Å². The number of hydrogen-bond acceptors (Lipinski definition) is 4. The molecule has 0 bridgehead atoms. The molecule has 102 valence electrons. The number of ketones is 1. The Bertz CT molecular complexity index is 323. The highest BCUT2D eigenvalue weighted by molar-refractivity contribution is 5.90. The summed E-state index contributed by atoms with van der Waals surface area (Å²) in [7, 11) is 0. The zero-order valence-corrected chi connectivity index (χ0v) is 11.2. The Hall–Kier alpha value is -1.65. The lowest BCUT2D eigenvalue weighted by molar-refractivity contribution is -0.143. The van der Waals surface area contributed by atoms with E-state index in [1.807, 2.05) is 0 Å². The first-order valence-corrected chi connectivity index (χ1v) is 5.95. The molecule has 18 heavy (non-hydrogen) atoms. The van der Waals surface area contributed by atoms with Crippen molar-refractivity contribution in [1.82, 2.24) is 5.32 Å². The van der Waals surface area contributed by atoms with E-state index in [1.54, 1.807) is 13.8 Å². The van der Waals surface area contributed by atoms with E-state index in [0.29, 0.717) is 0 Å². The molecule has 0 saturated carbocycles. The first kappa shape index (κ1) is 16.4. The first-order valence-electron chi connectivity index (χ1n) is 5.95.